The standard InChI is InChI=1S/C22H34O4.C13H16O2.C7H12O2/c1-15-12-17(11-10-16(2)20(24)26-21(3,4)5)14-22(25,13-15)18-8-6-7-9-19(18)23;1-3-9-13(15,10-4-2)11-7-5-6-8-12(11)14;1-5-6(8)9-7(2,3)4/h6-9,15-17,23,25H,10-14H2,1-5H3;3-8,14-15H,1-2,9-10H2;5H,1H2,2-4H3. The van der Waals surface area contributed by atoms with Gasteiger partial charge in [-0.2, -0.15) is 0 Å². The lowest BCUT2D eigenvalue weighted by atomic mass is 9.68. The van der Waals surface area contributed by atoms with E-state index in [-0.39, 0.29) is 29.4 Å². The molecule has 278 valence electrons. The molecule has 0 bridgehead atoms. The van der Waals surface area contributed by atoms with E-state index in [0.29, 0.717) is 48.6 Å². The summed E-state index contributed by atoms with van der Waals surface area (Å²) in [6.07, 6.45) is 9.14. The van der Waals surface area contributed by atoms with Crippen molar-refractivity contribution in [2.45, 2.75) is 123 Å². The molecular weight excluding hydrogens is 632 g/mol. The summed E-state index contributed by atoms with van der Waals surface area (Å²) < 4.78 is 10.3. The average molecular weight is 695 g/mol. The van der Waals surface area contributed by atoms with Crippen LogP contribution in [0.3, 0.4) is 0 Å². The fraction of sp³-hybridized carbons (Fsp3) is 0.524. The zero-order chi connectivity index (χ0) is 38.3. The second-order valence-corrected chi connectivity index (χ2v) is 15.4. The van der Waals surface area contributed by atoms with Gasteiger partial charge in [-0.1, -0.05) is 69.0 Å². The van der Waals surface area contributed by atoms with Crippen LogP contribution in [0.4, 0.5) is 0 Å². The molecule has 8 nitrogen and oxygen atoms in total. The highest BCUT2D eigenvalue weighted by Crippen LogP contribution is 2.46. The van der Waals surface area contributed by atoms with Gasteiger partial charge in [-0.25, -0.2) is 4.79 Å². The van der Waals surface area contributed by atoms with Crippen molar-refractivity contribution in [2.24, 2.45) is 17.8 Å². The number of aliphatic hydroxyl groups is 2. The number of para-hydroxylation sites is 2. The van der Waals surface area contributed by atoms with E-state index in [0.717, 1.165) is 25.3 Å². The number of hydrogen-bond acceptors (Lipinski definition) is 8. The summed E-state index contributed by atoms with van der Waals surface area (Å²) in [7, 11) is 0. The van der Waals surface area contributed by atoms with Gasteiger partial charge in [0.1, 0.15) is 22.7 Å². The lowest BCUT2D eigenvalue weighted by Crippen LogP contribution is -2.36. The van der Waals surface area contributed by atoms with Gasteiger partial charge in [0.15, 0.2) is 0 Å². The van der Waals surface area contributed by atoms with Crippen molar-refractivity contribution in [3.05, 3.63) is 97.6 Å². The molecule has 0 aromatic heterocycles. The third-order valence-corrected chi connectivity index (χ3v) is 8.21. The molecule has 0 aliphatic heterocycles. The summed E-state index contributed by atoms with van der Waals surface area (Å²) in [6.45, 7) is 25.6. The van der Waals surface area contributed by atoms with Crippen LogP contribution in [0.5, 0.6) is 11.5 Å². The van der Waals surface area contributed by atoms with Crippen molar-refractivity contribution in [1.82, 2.24) is 0 Å². The first-order chi connectivity index (χ1) is 23.1. The Bertz CT molecular complexity index is 1390. The molecule has 2 aromatic rings. The van der Waals surface area contributed by atoms with Gasteiger partial charge in [0.2, 0.25) is 0 Å². The Balaban J connectivity index is 0.000000437. The maximum Gasteiger partial charge on any atom is 0.330 e. The average Bonchev–Trinajstić information content (AvgIpc) is 2.99. The Labute approximate surface area is 300 Å². The Kier molecular flexibility index (Phi) is 17.2. The molecule has 4 N–H and O–H groups in total. The van der Waals surface area contributed by atoms with E-state index in [2.05, 4.69) is 26.7 Å². The number of benzene rings is 2. The molecule has 0 heterocycles. The Morgan fingerprint density at radius 1 is 0.880 bits per heavy atom. The summed E-state index contributed by atoms with van der Waals surface area (Å²) in [5.41, 5.74) is -1.82. The normalized spacial score (nSPS) is 19.6. The molecule has 0 spiro atoms. The van der Waals surface area contributed by atoms with Crippen molar-refractivity contribution in [2.75, 3.05) is 0 Å². The van der Waals surface area contributed by atoms with E-state index in [1.54, 1.807) is 48.6 Å². The van der Waals surface area contributed by atoms with Crippen molar-refractivity contribution in [3.63, 3.8) is 0 Å². The lowest BCUT2D eigenvalue weighted by Gasteiger charge is -2.41. The van der Waals surface area contributed by atoms with Crippen molar-refractivity contribution in [1.29, 1.82) is 0 Å². The molecule has 1 saturated carbocycles. The molecule has 4 unspecified atom stereocenters. The molecule has 1 aliphatic carbocycles. The molecule has 1 aliphatic rings. The van der Waals surface area contributed by atoms with Gasteiger partial charge in [0.25, 0.3) is 0 Å². The molecule has 2 aromatic carbocycles. The predicted octanol–water partition coefficient (Wildman–Crippen LogP) is 9.02. The number of phenolic OH excluding ortho intramolecular Hbond substituents is 2. The second kappa shape index (κ2) is 19.5. The molecule has 50 heavy (non-hydrogen) atoms. The third kappa shape index (κ3) is 15.3. The lowest BCUT2D eigenvalue weighted by molar-refractivity contribution is -0.159. The predicted molar refractivity (Wildman–Crippen MR) is 200 cm³/mol. The molecule has 8 heteroatoms. The third-order valence-electron chi connectivity index (χ3n) is 8.21. The van der Waals surface area contributed by atoms with Gasteiger partial charge < -0.3 is 29.9 Å². The molecule has 1 fully saturated rings. The molecule has 4 atom stereocenters. The van der Waals surface area contributed by atoms with E-state index < -0.39 is 22.4 Å². The molecule has 0 radical (unpaired) electrons. The first-order valence-corrected chi connectivity index (χ1v) is 17.4. The van der Waals surface area contributed by atoms with E-state index in [4.69, 9.17) is 9.47 Å². The van der Waals surface area contributed by atoms with Gasteiger partial charge in [0, 0.05) is 17.2 Å². The van der Waals surface area contributed by atoms with Crippen LogP contribution in [0, 0.1) is 17.8 Å². The van der Waals surface area contributed by atoms with Crippen LogP contribution in [0.2, 0.25) is 0 Å². The van der Waals surface area contributed by atoms with E-state index in [1.165, 1.54) is 0 Å². The van der Waals surface area contributed by atoms with Gasteiger partial charge in [-0.15, -0.1) is 13.2 Å². The Morgan fingerprint density at radius 2 is 1.40 bits per heavy atom. The van der Waals surface area contributed by atoms with Crippen molar-refractivity contribution < 1.29 is 39.5 Å². The van der Waals surface area contributed by atoms with E-state index in [1.807, 2.05) is 60.6 Å². The quantitative estimate of drug-likeness (QED) is 0.104. The fourth-order valence-corrected chi connectivity index (χ4v) is 6.18. The largest absolute Gasteiger partial charge is 0.508 e. The van der Waals surface area contributed by atoms with Gasteiger partial charge in [-0.3, -0.25) is 4.79 Å². The first-order valence-electron chi connectivity index (χ1n) is 17.4. The fourth-order valence-electron chi connectivity index (χ4n) is 6.18. The number of carbonyl (C=O) groups excluding carboxylic acids is 2. The SMILES string of the molecule is C=CC(=O)OC(C)(C)C.C=CCC(O)(CC=C)c1ccccc1O.CC1CC(CCC(C)C(=O)OC(C)(C)C)CC(O)(c2ccccc2O)C1. The van der Waals surface area contributed by atoms with Crippen LogP contribution >= 0.6 is 0 Å². The number of esters is 2. The zero-order valence-electron chi connectivity index (χ0n) is 31.6. The van der Waals surface area contributed by atoms with Crippen LogP contribution in [0.15, 0.2) is 86.5 Å². The first kappa shape index (κ1) is 44.1. The summed E-state index contributed by atoms with van der Waals surface area (Å²) in [5.74, 6) is 0.279. The number of aromatic hydroxyl groups is 2. The Morgan fingerprint density at radius 3 is 1.86 bits per heavy atom. The van der Waals surface area contributed by atoms with Crippen LogP contribution in [-0.2, 0) is 30.3 Å². The minimum Gasteiger partial charge on any atom is -0.508 e. The topological polar surface area (TPSA) is 134 Å². The minimum absolute atomic E-state index is 0.101. The van der Waals surface area contributed by atoms with Gasteiger partial charge >= 0.3 is 11.9 Å². The minimum atomic E-state index is -1.10. The van der Waals surface area contributed by atoms with E-state index >= 15 is 0 Å². The van der Waals surface area contributed by atoms with Crippen LogP contribution in [0.25, 0.3) is 0 Å². The maximum absolute atomic E-state index is 12.2. The highest BCUT2D eigenvalue weighted by atomic mass is 16.6. The highest BCUT2D eigenvalue weighted by Gasteiger charge is 2.40. The van der Waals surface area contributed by atoms with E-state index in [9.17, 15) is 30.0 Å². The van der Waals surface area contributed by atoms with Crippen LogP contribution in [-0.4, -0.2) is 43.6 Å². The number of carbonyl (C=O) groups is 2. The van der Waals surface area contributed by atoms with Gasteiger partial charge in [0.05, 0.1) is 17.1 Å². The Hall–Kier alpha value is -3.88. The smallest absolute Gasteiger partial charge is 0.330 e. The van der Waals surface area contributed by atoms with Crippen LogP contribution < -0.4 is 0 Å². The summed E-state index contributed by atoms with van der Waals surface area (Å²) in [5, 5.41) is 41.4. The second-order valence-electron chi connectivity index (χ2n) is 15.4. The summed E-state index contributed by atoms with van der Waals surface area (Å²) >= 11 is 0. The monoisotopic (exact) mass is 694 g/mol. The summed E-state index contributed by atoms with van der Waals surface area (Å²) in [6, 6.07) is 13.8. The van der Waals surface area contributed by atoms with Crippen LogP contribution in [0.1, 0.15) is 111 Å². The van der Waals surface area contributed by atoms with Gasteiger partial charge in [-0.05, 0) is 110 Å². The van der Waals surface area contributed by atoms with Crippen molar-refractivity contribution >= 4 is 11.9 Å². The number of hydrogen-bond donors (Lipinski definition) is 4. The maximum atomic E-state index is 12.2. The summed E-state index contributed by atoms with van der Waals surface area (Å²) in [4.78, 5) is 22.7. The molecular formula is C42H62O8. The number of rotatable bonds is 11. The molecule has 0 amide bonds. The van der Waals surface area contributed by atoms with Crippen molar-refractivity contribution in [3.8, 4) is 11.5 Å². The molecule has 3 rings (SSSR count). The molecule has 0 saturated heterocycles. The number of phenols is 2. The highest BCUT2D eigenvalue weighted by molar-refractivity contribution is 5.81. The number of ether oxygens (including phenoxy) is 2. The zero-order valence-corrected chi connectivity index (χ0v) is 31.6.